The summed E-state index contributed by atoms with van der Waals surface area (Å²) in [4.78, 5) is 15.5. The van der Waals surface area contributed by atoms with Crippen molar-refractivity contribution in [2.45, 2.75) is 19.9 Å². The van der Waals surface area contributed by atoms with Crippen molar-refractivity contribution in [3.05, 3.63) is 60.5 Å². The monoisotopic (exact) mass is 322 g/mol. The first-order chi connectivity index (χ1) is 11.6. The lowest BCUT2D eigenvalue weighted by Gasteiger charge is -2.11. The molecule has 0 radical (unpaired) electrons. The Bertz CT molecular complexity index is 813. The van der Waals surface area contributed by atoms with Crippen LogP contribution in [0, 0.1) is 0 Å². The molecule has 2 N–H and O–H groups in total. The molecular weight excluding hydrogens is 304 g/mol. The van der Waals surface area contributed by atoms with E-state index in [-0.39, 0.29) is 11.9 Å². The minimum atomic E-state index is -0.137. The van der Waals surface area contributed by atoms with Crippen molar-refractivity contribution in [2.24, 2.45) is 0 Å². The molecule has 6 heteroatoms. The van der Waals surface area contributed by atoms with E-state index in [4.69, 9.17) is 4.52 Å². The van der Waals surface area contributed by atoms with E-state index in [0.717, 1.165) is 16.9 Å². The molecule has 1 amide bonds. The second-order valence-electron chi connectivity index (χ2n) is 5.45. The molecule has 0 saturated heterocycles. The van der Waals surface area contributed by atoms with Crippen LogP contribution in [-0.4, -0.2) is 16.0 Å². The molecule has 0 saturated carbocycles. The van der Waals surface area contributed by atoms with Crippen LogP contribution in [0.1, 0.15) is 25.8 Å². The van der Waals surface area contributed by atoms with Crippen LogP contribution in [0.5, 0.6) is 0 Å². The van der Waals surface area contributed by atoms with Crippen LogP contribution in [0.15, 0.2) is 59.1 Å². The van der Waals surface area contributed by atoms with Gasteiger partial charge in [-0.1, -0.05) is 35.5 Å². The minimum absolute atomic E-state index is 0.0941. The van der Waals surface area contributed by atoms with Crippen molar-refractivity contribution in [1.29, 1.82) is 0 Å². The summed E-state index contributed by atoms with van der Waals surface area (Å²) in [6.07, 6.45) is 0. The highest BCUT2D eigenvalue weighted by molar-refractivity contribution is 5.88. The van der Waals surface area contributed by atoms with Crippen molar-refractivity contribution in [1.82, 2.24) is 10.1 Å². The molecule has 3 rings (SSSR count). The molecule has 24 heavy (non-hydrogen) atoms. The van der Waals surface area contributed by atoms with Crippen LogP contribution in [-0.2, 0) is 4.79 Å². The van der Waals surface area contributed by atoms with E-state index in [0.29, 0.717) is 11.7 Å². The maximum Gasteiger partial charge on any atom is 0.249 e. The predicted molar refractivity (Wildman–Crippen MR) is 92.5 cm³/mol. The first kappa shape index (κ1) is 15.7. The molecule has 0 aliphatic rings. The molecule has 3 aromatic rings. The smallest absolute Gasteiger partial charge is 0.249 e. The number of nitrogens with zero attached hydrogens (tertiary/aromatic N) is 2. The summed E-state index contributed by atoms with van der Waals surface area (Å²) in [5.74, 6) is 0.989. The molecule has 1 atom stereocenters. The fourth-order valence-corrected chi connectivity index (χ4v) is 2.28. The van der Waals surface area contributed by atoms with Gasteiger partial charge < -0.3 is 15.2 Å². The summed E-state index contributed by atoms with van der Waals surface area (Å²) in [6.45, 7) is 3.43. The molecule has 1 unspecified atom stereocenters. The summed E-state index contributed by atoms with van der Waals surface area (Å²) < 4.78 is 5.35. The maximum absolute atomic E-state index is 11.0. The number of amides is 1. The van der Waals surface area contributed by atoms with Crippen molar-refractivity contribution in [2.75, 3.05) is 10.6 Å². The third-order valence-electron chi connectivity index (χ3n) is 3.43. The molecule has 0 aliphatic heterocycles. The normalized spacial score (nSPS) is 11.8. The fraction of sp³-hybridized carbons (Fsp3) is 0.167. The summed E-state index contributed by atoms with van der Waals surface area (Å²) in [5, 5.41) is 10.0. The zero-order valence-electron chi connectivity index (χ0n) is 13.5. The van der Waals surface area contributed by atoms with Crippen LogP contribution in [0.3, 0.4) is 0 Å². The summed E-state index contributed by atoms with van der Waals surface area (Å²) in [5.41, 5.74) is 2.57. The van der Waals surface area contributed by atoms with E-state index < -0.39 is 0 Å². The first-order valence-electron chi connectivity index (χ1n) is 7.65. The number of hydrogen-bond donors (Lipinski definition) is 2. The number of benzene rings is 2. The third-order valence-corrected chi connectivity index (χ3v) is 3.43. The van der Waals surface area contributed by atoms with Crippen molar-refractivity contribution < 1.29 is 9.32 Å². The van der Waals surface area contributed by atoms with Gasteiger partial charge in [-0.25, -0.2) is 0 Å². The average molecular weight is 322 g/mol. The zero-order valence-corrected chi connectivity index (χ0v) is 13.5. The molecule has 2 aromatic carbocycles. The molecule has 0 spiro atoms. The molecule has 6 nitrogen and oxygen atoms in total. The molecule has 0 aliphatic carbocycles. The Labute approximate surface area is 139 Å². The highest BCUT2D eigenvalue weighted by Gasteiger charge is 2.15. The van der Waals surface area contributed by atoms with Crippen LogP contribution >= 0.6 is 0 Å². The van der Waals surface area contributed by atoms with Gasteiger partial charge in [-0.3, -0.25) is 4.79 Å². The predicted octanol–water partition coefficient (Wildman–Crippen LogP) is 3.87. The van der Waals surface area contributed by atoms with Gasteiger partial charge in [0.05, 0.1) is 0 Å². The van der Waals surface area contributed by atoms with Gasteiger partial charge >= 0.3 is 0 Å². The Hall–Kier alpha value is -3.15. The van der Waals surface area contributed by atoms with Crippen LogP contribution in [0.2, 0.25) is 0 Å². The van der Waals surface area contributed by atoms with Gasteiger partial charge in [0.2, 0.25) is 17.6 Å². The highest BCUT2D eigenvalue weighted by atomic mass is 16.5. The number of carbonyl (C=O) groups excluding carboxylic acids is 1. The lowest BCUT2D eigenvalue weighted by molar-refractivity contribution is -0.114. The lowest BCUT2D eigenvalue weighted by Crippen LogP contribution is -2.08. The van der Waals surface area contributed by atoms with E-state index in [9.17, 15) is 4.79 Å². The summed E-state index contributed by atoms with van der Waals surface area (Å²) in [7, 11) is 0. The maximum atomic E-state index is 11.0. The highest BCUT2D eigenvalue weighted by Crippen LogP contribution is 2.22. The topological polar surface area (TPSA) is 80.0 Å². The minimum Gasteiger partial charge on any atom is -0.374 e. The Morgan fingerprint density at radius 1 is 1.04 bits per heavy atom. The molecule has 0 fully saturated rings. The largest absolute Gasteiger partial charge is 0.374 e. The second kappa shape index (κ2) is 6.95. The van der Waals surface area contributed by atoms with E-state index in [1.54, 1.807) is 0 Å². The van der Waals surface area contributed by atoms with E-state index in [1.165, 1.54) is 6.92 Å². The van der Waals surface area contributed by atoms with E-state index >= 15 is 0 Å². The van der Waals surface area contributed by atoms with E-state index in [1.807, 2.05) is 61.5 Å². The van der Waals surface area contributed by atoms with Gasteiger partial charge in [0.1, 0.15) is 6.04 Å². The Kier molecular flexibility index (Phi) is 4.56. The van der Waals surface area contributed by atoms with Gasteiger partial charge in [0.15, 0.2) is 0 Å². The van der Waals surface area contributed by atoms with Crippen molar-refractivity contribution in [3.63, 3.8) is 0 Å². The van der Waals surface area contributed by atoms with Gasteiger partial charge in [-0.2, -0.15) is 4.98 Å². The molecule has 122 valence electrons. The SMILES string of the molecule is CC(=O)Nc1ccc(NC(C)c2nc(-c3ccccc3)no2)cc1. The van der Waals surface area contributed by atoms with Crippen molar-refractivity contribution in [3.8, 4) is 11.4 Å². The number of carbonyl (C=O) groups is 1. The molecule has 1 aromatic heterocycles. The molecular formula is C18H18N4O2. The average Bonchev–Trinajstić information content (AvgIpc) is 3.07. The standard InChI is InChI=1S/C18H18N4O2/c1-12(19-15-8-10-16(11-9-15)20-13(2)23)18-21-17(22-24-18)14-6-4-3-5-7-14/h3-12,19H,1-2H3,(H,20,23). The Morgan fingerprint density at radius 2 is 1.71 bits per heavy atom. The first-order valence-corrected chi connectivity index (χ1v) is 7.65. The Balaban J connectivity index is 1.68. The van der Waals surface area contributed by atoms with Gasteiger partial charge in [-0.05, 0) is 31.2 Å². The van der Waals surface area contributed by atoms with Gasteiger partial charge in [0, 0.05) is 23.9 Å². The van der Waals surface area contributed by atoms with Crippen molar-refractivity contribution >= 4 is 17.3 Å². The third kappa shape index (κ3) is 3.78. The molecule has 0 bridgehead atoms. The van der Waals surface area contributed by atoms with Crippen LogP contribution in [0.25, 0.3) is 11.4 Å². The number of rotatable bonds is 5. The lowest BCUT2D eigenvalue weighted by atomic mass is 10.2. The summed E-state index contributed by atoms with van der Waals surface area (Å²) in [6, 6.07) is 17.0. The quantitative estimate of drug-likeness (QED) is 0.745. The van der Waals surface area contributed by atoms with Crippen LogP contribution in [0.4, 0.5) is 11.4 Å². The number of hydrogen-bond acceptors (Lipinski definition) is 5. The van der Waals surface area contributed by atoms with Gasteiger partial charge in [0.25, 0.3) is 0 Å². The van der Waals surface area contributed by atoms with Crippen LogP contribution < -0.4 is 10.6 Å². The number of aromatic nitrogens is 2. The number of anilines is 2. The van der Waals surface area contributed by atoms with Gasteiger partial charge in [-0.15, -0.1) is 0 Å². The molecule has 1 heterocycles. The second-order valence-corrected chi connectivity index (χ2v) is 5.45. The Morgan fingerprint density at radius 3 is 2.38 bits per heavy atom. The fourth-order valence-electron chi connectivity index (χ4n) is 2.28. The zero-order chi connectivity index (χ0) is 16.9. The summed E-state index contributed by atoms with van der Waals surface area (Å²) >= 11 is 0. The van der Waals surface area contributed by atoms with E-state index in [2.05, 4.69) is 20.8 Å². The number of nitrogens with one attached hydrogen (secondary N) is 2.